The molecule has 0 aromatic carbocycles. The topological polar surface area (TPSA) is 32.8 Å². The van der Waals surface area contributed by atoms with Crippen molar-refractivity contribution in [2.75, 3.05) is 53.0 Å². The SMILES string of the molecule is CN1CCN(CC2(C=O)CCCOC2)CC1. The zero-order valence-electron chi connectivity index (χ0n) is 10.2. The van der Waals surface area contributed by atoms with Gasteiger partial charge < -0.3 is 14.4 Å². The Hall–Kier alpha value is -0.450. The molecule has 2 fully saturated rings. The maximum Gasteiger partial charge on any atom is 0.129 e. The number of likely N-dealkylation sites (N-methyl/N-ethyl adjacent to an activating group) is 1. The van der Waals surface area contributed by atoms with Gasteiger partial charge in [0.15, 0.2) is 0 Å². The van der Waals surface area contributed by atoms with Crippen molar-refractivity contribution in [3.8, 4) is 0 Å². The summed E-state index contributed by atoms with van der Waals surface area (Å²) in [7, 11) is 2.15. The first-order chi connectivity index (χ1) is 7.74. The molecule has 2 saturated heterocycles. The van der Waals surface area contributed by atoms with E-state index in [0.717, 1.165) is 58.5 Å². The molecular formula is C12H22N2O2. The molecule has 0 saturated carbocycles. The van der Waals surface area contributed by atoms with Gasteiger partial charge in [0, 0.05) is 39.3 Å². The minimum absolute atomic E-state index is 0.228. The first-order valence-corrected chi connectivity index (χ1v) is 6.19. The third-order valence-electron chi connectivity index (χ3n) is 3.74. The van der Waals surface area contributed by atoms with E-state index in [1.54, 1.807) is 0 Å². The molecule has 1 atom stereocenters. The Balaban J connectivity index is 1.88. The second kappa shape index (κ2) is 5.25. The number of ether oxygens (including phenoxy) is 1. The monoisotopic (exact) mass is 226 g/mol. The quantitative estimate of drug-likeness (QED) is 0.645. The average Bonchev–Trinajstić information content (AvgIpc) is 2.33. The molecule has 4 nitrogen and oxygen atoms in total. The molecule has 16 heavy (non-hydrogen) atoms. The summed E-state index contributed by atoms with van der Waals surface area (Å²) in [5.74, 6) is 0. The Morgan fingerprint density at radius 3 is 2.62 bits per heavy atom. The fourth-order valence-corrected chi connectivity index (χ4v) is 2.58. The fraction of sp³-hybridized carbons (Fsp3) is 0.917. The van der Waals surface area contributed by atoms with E-state index >= 15 is 0 Å². The van der Waals surface area contributed by atoms with Crippen molar-refractivity contribution >= 4 is 6.29 Å². The van der Waals surface area contributed by atoms with Gasteiger partial charge in [0.1, 0.15) is 6.29 Å². The van der Waals surface area contributed by atoms with Crippen LogP contribution < -0.4 is 0 Å². The summed E-state index contributed by atoms with van der Waals surface area (Å²) in [6.07, 6.45) is 3.14. The first-order valence-electron chi connectivity index (χ1n) is 6.19. The third kappa shape index (κ3) is 2.81. The summed E-state index contributed by atoms with van der Waals surface area (Å²) in [4.78, 5) is 16.0. The highest BCUT2D eigenvalue weighted by molar-refractivity contribution is 5.60. The van der Waals surface area contributed by atoms with Crippen molar-refractivity contribution in [2.45, 2.75) is 12.8 Å². The van der Waals surface area contributed by atoms with Crippen LogP contribution in [0.25, 0.3) is 0 Å². The Labute approximate surface area is 97.5 Å². The van der Waals surface area contributed by atoms with Gasteiger partial charge in [-0.2, -0.15) is 0 Å². The molecule has 2 rings (SSSR count). The lowest BCUT2D eigenvalue weighted by atomic mass is 9.83. The van der Waals surface area contributed by atoms with Gasteiger partial charge in [0.25, 0.3) is 0 Å². The summed E-state index contributed by atoms with van der Waals surface area (Å²) in [5, 5.41) is 0. The van der Waals surface area contributed by atoms with Crippen LogP contribution in [0.3, 0.4) is 0 Å². The first kappa shape index (κ1) is 12.0. The second-order valence-electron chi connectivity index (χ2n) is 5.22. The number of nitrogens with zero attached hydrogens (tertiary/aromatic N) is 2. The Morgan fingerprint density at radius 2 is 2.06 bits per heavy atom. The zero-order chi connectivity index (χ0) is 11.4. The molecule has 2 aliphatic heterocycles. The molecule has 2 aliphatic rings. The molecule has 0 aliphatic carbocycles. The van der Waals surface area contributed by atoms with Crippen molar-refractivity contribution < 1.29 is 9.53 Å². The van der Waals surface area contributed by atoms with Crippen LogP contribution in [-0.4, -0.2) is 69.1 Å². The van der Waals surface area contributed by atoms with Gasteiger partial charge >= 0.3 is 0 Å². The smallest absolute Gasteiger partial charge is 0.129 e. The van der Waals surface area contributed by atoms with Crippen LogP contribution in [0.4, 0.5) is 0 Å². The number of piperazine rings is 1. The van der Waals surface area contributed by atoms with E-state index in [2.05, 4.69) is 16.8 Å². The van der Waals surface area contributed by atoms with Crippen LogP contribution in [-0.2, 0) is 9.53 Å². The molecular weight excluding hydrogens is 204 g/mol. The molecule has 0 bridgehead atoms. The third-order valence-corrected chi connectivity index (χ3v) is 3.74. The van der Waals surface area contributed by atoms with Crippen LogP contribution in [0.15, 0.2) is 0 Å². The van der Waals surface area contributed by atoms with Crippen molar-refractivity contribution in [3.63, 3.8) is 0 Å². The van der Waals surface area contributed by atoms with E-state index in [1.807, 2.05) is 0 Å². The van der Waals surface area contributed by atoms with Gasteiger partial charge in [-0.1, -0.05) is 0 Å². The van der Waals surface area contributed by atoms with Gasteiger partial charge in [-0.3, -0.25) is 4.90 Å². The lowest BCUT2D eigenvalue weighted by molar-refractivity contribution is -0.126. The highest BCUT2D eigenvalue weighted by Crippen LogP contribution is 2.27. The van der Waals surface area contributed by atoms with Gasteiger partial charge in [-0.05, 0) is 19.9 Å². The molecule has 92 valence electrons. The summed E-state index contributed by atoms with van der Waals surface area (Å²) >= 11 is 0. The molecule has 0 amide bonds. The van der Waals surface area contributed by atoms with Crippen LogP contribution in [0.2, 0.25) is 0 Å². The van der Waals surface area contributed by atoms with Crippen LogP contribution in [0.1, 0.15) is 12.8 Å². The Bertz CT molecular complexity index is 231. The molecule has 0 aromatic heterocycles. The lowest BCUT2D eigenvalue weighted by Gasteiger charge is -2.40. The molecule has 1 unspecified atom stereocenters. The van der Waals surface area contributed by atoms with E-state index < -0.39 is 0 Å². The maximum absolute atomic E-state index is 11.3. The number of rotatable bonds is 3. The molecule has 2 heterocycles. The largest absolute Gasteiger partial charge is 0.380 e. The summed E-state index contributed by atoms with van der Waals surface area (Å²) in [6, 6.07) is 0. The normalized spacial score (nSPS) is 33.8. The van der Waals surface area contributed by atoms with Crippen LogP contribution >= 0.6 is 0 Å². The van der Waals surface area contributed by atoms with Gasteiger partial charge in [0.2, 0.25) is 0 Å². The average molecular weight is 226 g/mol. The molecule has 0 N–H and O–H groups in total. The summed E-state index contributed by atoms with van der Waals surface area (Å²) in [6.45, 7) is 6.68. The summed E-state index contributed by atoms with van der Waals surface area (Å²) < 4.78 is 5.47. The van der Waals surface area contributed by atoms with Crippen LogP contribution in [0.5, 0.6) is 0 Å². The van der Waals surface area contributed by atoms with Gasteiger partial charge in [0.05, 0.1) is 12.0 Å². The van der Waals surface area contributed by atoms with Crippen LogP contribution in [0, 0.1) is 5.41 Å². The number of hydrogen-bond acceptors (Lipinski definition) is 4. The lowest BCUT2D eigenvalue weighted by Crippen LogP contribution is -2.51. The highest BCUT2D eigenvalue weighted by Gasteiger charge is 2.35. The van der Waals surface area contributed by atoms with E-state index in [-0.39, 0.29) is 5.41 Å². The van der Waals surface area contributed by atoms with Crippen molar-refractivity contribution in [3.05, 3.63) is 0 Å². The molecule has 0 radical (unpaired) electrons. The van der Waals surface area contributed by atoms with E-state index in [1.165, 1.54) is 0 Å². The fourth-order valence-electron chi connectivity index (χ4n) is 2.58. The van der Waals surface area contributed by atoms with E-state index in [4.69, 9.17) is 4.74 Å². The predicted octanol–water partition coefficient (Wildman–Crippen LogP) is 0.230. The minimum Gasteiger partial charge on any atom is -0.380 e. The van der Waals surface area contributed by atoms with Crippen molar-refractivity contribution in [1.29, 1.82) is 0 Å². The molecule has 0 spiro atoms. The highest BCUT2D eigenvalue weighted by atomic mass is 16.5. The Morgan fingerprint density at radius 1 is 1.31 bits per heavy atom. The summed E-state index contributed by atoms with van der Waals surface area (Å²) in [5.41, 5.74) is -0.228. The molecule has 0 aromatic rings. The number of carbonyl (C=O) groups excluding carboxylic acids is 1. The van der Waals surface area contributed by atoms with E-state index in [9.17, 15) is 4.79 Å². The van der Waals surface area contributed by atoms with Gasteiger partial charge in [-0.25, -0.2) is 0 Å². The number of hydrogen-bond donors (Lipinski definition) is 0. The Kier molecular flexibility index (Phi) is 3.95. The second-order valence-corrected chi connectivity index (χ2v) is 5.22. The minimum atomic E-state index is -0.228. The molecule has 4 heteroatoms. The predicted molar refractivity (Wildman–Crippen MR) is 62.5 cm³/mol. The van der Waals surface area contributed by atoms with Gasteiger partial charge in [-0.15, -0.1) is 0 Å². The van der Waals surface area contributed by atoms with Crippen molar-refractivity contribution in [2.24, 2.45) is 5.41 Å². The standard InChI is InChI=1S/C12H22N2O2/c1-13-4-6-14(7-5-13)9-12(10-15)3-2-8-16-11-12/h10H,2-9,11H2,1H3. The number of aldehydes is 1. The van der Waals surface area contributed by atoms with Crippen molar-refractivity contribution in [1.82, 2.24) is 9.80 Å². The maximum atomic E-state index is 11.3. The zero-order valence-corrected chi connectivity index (χ0v) is 10.2. The van der Waals surface area contributed by atoms with E-state index in [0.29, 0.717) is 6.61 Å². The number of carbonyl (C=O) groups is 1.